The molecule has 114 valence electrons. The van der Waals surface area contributed by atoms with Gasteiger partial charge in [-0.1, -0.05) is 12.1 Å². The molecule has 4 atom stereocenters. The Labute approximate surface area is 125 Å². The van der Waals surface area contributed by atoms with Gasteiger partial charge in [0.1, 0.15) is 5.60 Å². The predicted octanol–water partition coefficient (Wildman–Crippen LogP) is 3.05. The predicted molar refractivity (Wildman–Crippen MR) is 77.5 cm³/mol. The third kappa shape index (κ3) is 2.04. The summed E-state index contributed by atoms with van der Waals surface area (Å²) in [6.45, 7) is 5.75. The Morgan fingerprint density at radius 2 is 2.14 bits per heavy atom. The second-order valence-electron chi connectivity index (χ2n) is 6.96. The Balaban J connectivity index is 1.75. The van der Waals surface area contributed by atoms with Crippen LogP contribution in [0.5, 0.6) is 11.5 Å². The van der Waals surface area contributed by atoms with Crippen molar-refractivity contribution in [1.82, 2.24) is 0 Å². The largest absolute Gasteiger partial charge is 0.504 e. The smallest absolute Gasteiger partial charge is 0.167 e. The van der Waals surface area contributed by atoms with Crippen LogP contribution in [0.3, 0.4) is 0 Å². The fraction of sp³-hybridized carbons (Fsp3) is 0.647. The zero-order valence-electron chi connectivity index (χ0n) is 12.5. The molecule has 0 bridgehead atoms. The molecule has 4 rings (SSSR count). The van der Waals surface area contributed by atoms with Crippen LogP contribution in [0.15, 0.2) is 18.2 Å². The third-order valence-corrected chi connectivity index (χ3v) is 5.24. The summed E-state index contributed by atoms with van der Waals surface area (Å²) in [5.74, 6) is 1.54. The zero-order chi connectivity index (χ0) is 14.6. The highest BCUT2D eigenvalue weighted by Crippen LogP contribution is 2.54. The van der Waals surface area contributed by atoms with E-state index in [9.17, 15) is 5.11 Å². The van der Waals surface area contributed by atoms with Gasteiger partial charge >= 0.3 is 0 Å². The summed E-state index contributed by atoms with van der Waals surface area (Å²) in [5, 5.41) is 10.1. The van der Waals surface area contributed by atoms with Crippen molar-refractivity contribution in [2.24, 2.45) is 11.8 Å². The number of rotatable bonds is 0. The highest BCUT2D eigenvalue weighted by molar-refractivity contribution is 5.49. The molecule has 2 fully saturated rings. The molecule has 2 saturated heterocycles. The van der Waals surface area contributed by atoms with Crippen molar-refractivity contribution >= 4 is 0 Å². The maximum Gasteiger partial charge on any atom is 0.167 e. The molecule has 3 aliphatic rings. The van der Waals surface area contributed by atoms with Crippen LogP contribution in [-0.2, 0) is 9.47 Å². The summed E-state index contributed by atoms with van der Waals surface area (Å²) in [5.41, 5.74) is 0.642. The van der Waals surface area contributed by atoms with Gasteiger partial charge in [-0.3, -0.25) is 0 Å². The van der Waals surface area contributed by atoms with Crippen LogP contribution in [0.1, 0.15) is 38.4 Å². The van der Waals surface area contributed by atoms with Crippen molar-refractivity contribution < 1.29 is 19.3 Å². The number of ether oxygens (including phenoxy) is 3. The van der Waals surface area contributed by atoms with E-state index in [1.165, 1.54) is 0 Å². The van der Waals surface area contributed by atoms with Crippen LogP contribution in [-0.4, -0.2) is 30.0 Å². The number of phenols is 1. The van der Waals surface area contributed by atoms with Crippen LogP contribution in [0.2, 0.25) is 0 Å². The lowest BCUT2D eigenvalue weighted by atomic mass is 9.71. The normalized spacial score (nSPS) is 36.9. The Morgan fingerprint density at radius 3 is 3.00 bits per heavy atom. The van der Waals surface area contributed by atoms with Gasteiger partial charge in [-0.2, -0.15) is 0 Å². The molecule has 0 aliphatic carbocycles. The quantitative estimate of drug-likeness (QED) is 0.798. The molecule has 4 nitrogen and oxygen atoms in total. The number of phenolic OH excluding ortho intramolecular Hbond substituents is 1. The summed E-state index contributed by atoms with van der Waals surface area (Å²) in [6.07, 6.45) is 2.29. The first-order chi connectivity index (χ1) is 10.1. The second-order valence-corrected chi connectivity index (χ2v) is 6.96. The number of fused-ring (bicyclic) bond motifs is 4. The molecule has 0 amide bonds. The summed E-state index contributed by atoms with van der Waals surface area (Å²) >= 11 is 0. The minimum atomic E-state index is -0.348. The number of hydrogen-bond donors (Lipinski definition) is 1. The Kier molecular flexibility index (Phi) is 2.95. The average Bonchev–Trinajstić information content (AvgIpc) is 2.47. The van der Waals surface area contributed by atoms with Gasteiger partial charge in [0.15, 0.2) is 11.5 Å². The fourth-order valence-corrected chi connectivity index (χ4v) is 4.06. The topological polar surface area (TPSA) is 47.9 Å². The second kappa shape index (κ2) is 4.62. The van der Waals surface area contributed by atoms with E-state index in [1.54, 1.807) is 6.07 Å². The molecule has 1 aromatic carbocycles. The van der Waals surface area contributed by atoms with Gasteiger partial charge in [0, 0.05) is 24.0 Å². The molecule has 1 aromatic rings. The number of hydrogen-bond acceptors (Lipinski definition) is 4. The van der Waals surface area contributed by atoms with Crippen molar-refractivity contribution in [1.29, 1.82) is 0 Å². The third-order valence-electron chi connectivity index (χ3n) is 5.24. The van der Waals surface area contributed by atoms with Gasteiger partial charge in [-0.15, -0.1) is 0 Å². The lowest BCUT2D eigenvalue weighted by Crippen LogP contribution is -2.52. The molecule has 21 heavy (non-hydrogen) atoms. The summed E-state index contributed by atoms with van der Waals surface area (Å²) in [7, 11) is 0. The van der Waals surface area contributed by atoms with Crippen molar-refractivity contribution in [3.05, 3.63) is 23.8 Å². The van der Waals surface area contributed by atoms with Crippen LogP contribution in [0.25, 0.3) is 0 Å². The van der Waals surface area contributed by atoms with Gasteiger partial charge in [-0.05, 0) is 32.8 Å². The van der Waals surface area contributed by atoms with Gasteiger partial charge < -0.3 is 19.3 Å². The molecular weight excluding hydrogens is 268 g/mol. The van der Waals surface area contributed by atoms with Gasteiger partial charge in [0.05, 0.1) is 18.8 Å². The number of aromatic hydroxyl groups is 1. The molecule has 0 saturated carbocycles. The number of para-hydroxylation sites is 1. The fourth-order valence-electron chi connectivity index (χ4n) is 4.06. The SMILES string of the molecule is CC1(C)Oc2c(O)cccc2[C@H]2O[C@H]3CCOC[C@H]3C[C@@H]21. The highest BCUT2D eigenvalue weighted by atomic mass is 16.5. The molecular formula is C17H22O4. The molecule has 4 heteroatoms. The maximum atomic E-state index is 10.1. The molecule has 3 aliphatic heterocycles. The Hall–Kier alpha value is -1.26. The first-order valence-corrected chi connectivity index (χ1v) is 7.80. The Bertz CT molecular complexity index is 554. The van der Waals surface area contributed by atoms with E-state index in [1.807, 2.05) is 12.1 Å². The van der Waals surface area contributed by atoms with E-state index >= 15 is 0 Å². The Morgan fingerprint density at radius 1 is 1.29 bits per heavy atom. The number of benzene rings is 1. The minimum absolute atomic E-state index is 0.00944. The van der Waals surface area contributed by atoms with Crippen LogP contribution >= 0.6 is 0 Å². The van der Waals surface area contributed by atoms with Crippen molar-refractivity contribution in [2.45, 2.75) is 44.5 Å². The van der Waals surface area contributed by atoms with Crippen molar-refractivity contribution in [2.75, 3.05) is 13.2 Å². The van der Waals surface area contributed by atoms with E-state index in [0.717, 1.165) is 31.6 Å². The monoisotopic (exact) mass is 290 g/mol. The first kappa shape index (κ1) is 13.4. The van der Waals surface area contributed by atoms with E-state index in [2.05, 4.69) is 13.8 Å². The summed E-state index contributed by atoms with van der Waals surface area (Å²) in [4.78, 5) is 0. The van der Waals surface area contributed by atoms with Crippen molar-refractivity contribution in [3.8, 4) is 11.5 Å². The van der Waals surface area contributed by atoms with E-state index < -0.39 is 0 Å². The standard InChI is InChI=1S/C17H22O4/c1-17(2)12-8-10-9-19-7-6-14(10)20-15(12)11-4-3-5-13(18)16(11)21-17/h3-5,10,12,14-15,18H,6-9H2,1-2H3/t10-,12+,14+,15-/m1/s1. The van der Waals surface area contributed by atoms with Crippen LogP contribution in [0.4, 0.5) is 0 Å². The van der Waals surface area contributed by atoms with Gasteiger partial charge in [-0.25, -0.2) is 0 Å². The van der Waals surface area contributed by atoms with E-state index in [4.69, 9.17) is 14.2 Å². The van der Waals surface area contributed by atoms with Crippen LogP contribution in [0, 0.1) is 11.8 Å². The van der Waals surface area contributed by atoms with Crippen molar-refractivity contribution in [3.63, 3.8) is 0 Å². The van der Waals surface area contributed by atoms with Gasteiger partial charge in [0.25, 0.3) is 0 Å². The van der Waals surface area contributed by atoms with E-state index in [0.29, 0.717) is 11.7 Å². The maximum absolute atomic E-state index is 10.1. The van der Waals surface area contributed by atoms with Gasteiger partial charge in [0.2, 0.25) is 0 Å². The summed E-state index contributed by atoms with van der Waals surface area (Å²) < 4.78 is 18.2. The zero-order valence-corrected chi connectivity index (χ0v) is 12.5. The minimum Gasteiger partial charge on any atom is -0.504 e. The molecule has 0 radical (unpaired) electrons. The lowest BCUT2D eigenvalue weighted by molar-refractivity contribution is -0.200. The summed E-state index contributed by atoms with van der Waals surface area (Å²) in [6, 6.07) is 5.56. The molecule has 0 aromatic heterocycles. The highest BCUT2D eigenvalue weighted by Gasteiger charge is 2.51. The average molecular weight is 290 g/mol. The molecule has 0 spiro atoms. The lowest BCUT2D eigenvalue weighted by Gasteiger charge is -2.52. The molecule has 0 unspecified atom stereocenters. The first-order valence-electron chi connectivity index (χ1n) is 7.80. The van der Waals surface area contributed by atoms with Crippen LogP contribution < -0.4 is 4.74 Å². The molecule has 3 heterocycles. The molecule has 1 N–H and O–H groups in total. The van der Waals surface area contributed by atoms with E-state index in [-0.39, 0.29) is 29.5 Å².